The molecule has 0 saturated heterocycles. The third kappa shape index (κ3) is 6.98. The first-order valence-electron chi connectivity index (χ1n) is 11.4. The SMILES string of the molecule is O=C(O)[C@@](O)(OCc1ccccc1)[C@](O)(OCc1ccccc1)[C@H](O)[C@H](O)C(O)OCc1ccccc1. The predicted octanol–water partition coefficient (Wildman–Crippen LogP) is 1.14. The summed E-state index contributed by atoms with van der Waals surface area (Å²) in [4.78, 5) is 12.2. The van der Waals surface area contributed by atoms with Gasteiger partial charge < -0.3 is 44.8 Å². The molecule has 0 spiro atoms. The second kappa shape index (κ2) is 12.9. The number of ether oxygens (including phenoxy) is 3. The molecule has 0 bridgehead atoms. The van der Waals surface area contributed by atoms with E-state index in [1.165, 1.54) is 0 Å². The van der Waals surface area contributed by atoms with Gasteiger partial charge in [-0.3, -0.25) is 0 Å². The van der Waals surface area contributed by atoms with Gasteiger partial charge in [-0.05, 0) is 16.7 Å². The molecule has 1 unspecified atom stereocenters. The molecule has 3 rings (SSSR count). The van der Waals surface area contributed by atoms with Gasteiger partial charge in [0.15, 0.2) is 6.29 Å². The van der Waals surface area contributed by atoms with E-state index in [4.69, 9.17) is 14.2 Å². The number of carbonyl (C=O) groups is 1. The Kier molecular flexibility index (Phi) is 9.86. The molecule has 37 heavy (non-hydrogen) atoms. The Hall–Kier alpha value is -3.19. The van der Waals surface area contributed by atoms with Crippen LogP contribution in [0.1, 0.15) is 16.7 Å². The lowest BCUT2D eigenvalue weighted by Gasteiger charge is -2.43. The van der Waals surface area contributed by atoms with Crippen molar-refractivity contribution in [3.63, 3.8) is 0 Å². The van der Waals surface area contributed by atoms with Crippen molar-refractivity contribution in [1.29, 1.82) is 0 Å². The maximum absolute atomic E-state index is 12.2. The van der Waals surface area contributed by atoms with Crippen LogP contribution in [0.3, 0.4) is 0 Å². The number of hydrogen-bond donors (Lipinski definition) is 6. The fourth-order valence-corrected chi connectivity index (χ4v) is 3.47. The van der Waals surface area contributed by atoms with Gasteiger partial charge in [0.25, 0.3) is 5.79 Å². The molecule has 0 fully saturated rings. The van der Waals surface area contributed by atoms with Gasteiger partial charge >= 0.3 is 11.8 Å². The van der Waals surface area contributed by atoms with Crippen LogP contribution < -0.4 is 0 Å². The van der Waals surface area contributed by atoms with Crippen LogP contribution in [0.25, 0.3) is 0 Å². The normalized spacial score (nSPS) is 17.2. The van der Waals surface area contributed by atoms with E-state index in [0.717, 1.165) is 0 Å². The number of benzene rings is 3. The molecule has 10 nitrogen and oxygen atoms in total. The summed E-state index contributed by atoms with van der Waals surface area (Å²) < 4.78 is 15.7. The van der Waals surface area contributed by atoms with Crippen molar-refractivity contribution in [2.45, 2.75) is 49.9 Å². The van der Waals surface area contributed by atoms with Crippen LogP contribution in [0.2, 0.25) is 0 Å². The van der Waals surface area contributed by atoms with Crippen molar-refractivity contribution in [1.82, 2.24) is 0 Å². The third-order valence-corrected chi connectivity index (χ3v) is 5.65. The molecule has 10 heteroatoms. The van der Waals surface area contributed by atoms with Crippen LogP contribution in [0.4, 0.5) is 0 Å². The van der Waals surface area contributed by atoms with E-state index in [0.29, 0.717) is 16.7 Å². The molecule has 0 aromatic heterocycles. The van der Waals surface area contributed by atoms with E-state index in [9.17, 15) is 35.4 Å². The van der Waals surface area contributed by atoms with Crippen molar-refractivity contribution < 1.29 is 49.6 Å². The molecule has 0 aliphatic heterocycles. The van der Waals surface area contributed by atoms with E-state index in [1.807, 2.05) is 0 Å². The second-order valence-corrected chi connectivity index (χ2v) is 8.32. The summed E-state index contributed by atoms with van der Waals surface area (Å²) >= 11 is 0. The van der Waals surface area contributed by atoms with Crippen molar-refractivity contribution in [2.24, 2.45) is 0 Å². The van der Waals surface area contributed by atoms with E-state index >= 15 is 0 Å². The molecule has 198 valence electrons. The molecule has 0 aliphatic carbocycles. The Morgan fingerprint density at radius 3 is 1.51 bits per heavy atom. The van der Waals surface area contributed by atoms with Crippen LogP contribution in [-0.4, -0.2) is 66.7 Å². The van der Waals surface area contributed by atoms with E-state index in [2.05, 4.69) is 0 Å². The first-order chi connectivity index (χ1) is 17.7. The van der Waals surface area contributed by atoms with Gasteiger partial charge in [-0.1, -0.05) is 91.0 Å². The number of aliphatic hydroxyl groups is 5. The second-order valence-electron chi connectivity index (χ2n) is 8.32. The summed E-state index contributed by atoms with van der Waals surface area (Å²) in [7, 11) is 0. The Morgan fingerprint density at radius 1 is 0.676 bits per heavy atom. The van der Waals surface area contributed by atoms with E-state index in [1.54, 1.807) is 91.0 Å². The van der Waals surface area contributed by atoms with Crippen LogP contribution in [0.5, 0.6) is 0 Å². The number of carboxylic acids is 1. The maximum atomic E-state index is 12.2. The van der Waals surface area contributed by atoms with Gasteiger partial charge in [-0.2, -0.15) is 0 Å². The molecule has 0 saturated carbocycles. The molecular formula is C27H30O10. The average molecular weight is 515 g/mol. The summed E-state index contributed by atoms with van der Waals surface area (Å²) in [6.07, 6.45) is -7.04. The van der Waals surface area contributed by atoms with Crippen molar-refractivity contribution in [3.8, 4) is 0 Å². The first-order valence-corrected chi connectivity index (χ1v) is 11.4. The number of rotatable bonds is 14. The summed E-state index contributed by atoms with van der Waals surface area (Å²) in [5.41, 5.74) is 1.51. The first kappa shape index (κ1) is 28.4. The van der Waals surface area contributed by atoms with Gasteiger partial charge in [-0.15, -0.1) is 0 Å². The minimum atomic E-state index is -3.59. The lowest BCUT2D eigenvalue weighted by atomic mass is 9.94. The topological polar surface area (TPSA) is 166 Å². The molecular weight excluding hydrogens is 484 g/mol. The number of hydrogen-bond acceptors (Lipinski definition) is 9. The van der Waals surface area contributed by atoms with Crippen molar-refractivity contribution >= 4 is 5.97 Å². The number of aliphatic hydroxyl groups excluding tert-OH is 3. The highest BCUT2D eigenvalue weighted by atomic mass is 16.7. The molecule has 3 aromatic rings. The minimum Gasteiger partial charge on any atom is -0.477 e. The Bertz CT molecular complexity index is 1100. The largest absolute Gasteiger partial charge is 0.477 e. The van der Waals surface area contributed by atoms with Crippen LogP contribution >= 0.6 is 0 Å². The van der Waals surface area contributed by atoms with Crippen LogP contribution in [0, 0.1) is 0 Å². The zero-order valence-corrected chi connectivity index (χ0v) is 19.8. The standard InChI is InChI=1S/C27H30O10/c28-22(24(30)35-16-19-10-4-1-5-11-19)23(29)26(33,36-17-20-12-6-2-7-13-20)27(34,25(31)32)37-18-21-14-8-3-9-15-21/h1-15,22-24,28-30,33-34H,16-18H2,(H,31,32)/t22-,23+,24?,26+,27+/m0/s1. The lowest BCUT2D eigenvalue weighted by molar-refractivity contribution is -0.414. The molecule has 5 atom stereocenters. The van der Waals surface area contributed by atoms with Crippen molar-refractivity contribution in [2.75, 3.05) is 0 Å². The third-order valence-electron chi connectivity index (χ3n) is 5.65. The van der Waals surface area contributed by atoms with E-state index < -0.39 is 49.3 Å². The molecule has 3 aromatic carbocycles. The molecule has 0 aliphatic rings. The molecule has 0 radical (unpaired) electrons. The smallest absolute Gasteiger partial charge is 0.370 e. The summed E-state index contributed by atoms with van der Waals surface area (Å²) in [6.45, 7) is -1.17. The van der Waals surface area contributed by atoms with Crippen LogP contribution in [0.15, 0.2) is 91.0 Å². The lowest BCUT2D eigenvalue weighted by Crippen LogP contribution is -2.71. The highest BCUT2D eigenvalue weighted by Gasteiger charge is 2.65. The fourth-order valence-electron chi connectivity index (χ4n) is 3.47. The number of aliphatic carboxylic acids is 1. The molecule has 0 heterocycles. The average Bonchev–Trinajstić information content (AvgIpc) is 2.94. The quantitative estimate of drug-likeness (QED) is 0.172. The fraction of sp³-hybridized carbons (Fsp3) is 0.296. The monoisotopic (exact) mass is 514 g/mol. The highest BCUT2D eigenvalue weighted by molar-refractivity contribution is 5.77. The van der Waals surface area contributed by atoms with Gasteiger partial charge in [0.1, 0.15) is 12.2 Å². The molecule has 0 amide bonds. The van der Waals surface area contributed by atoms with E-state index in [-0.39, 0.29) is 6.61 Å². The highest BCUT2D eigenvalue weighted by Crippen LogP contribution is 2.34. The summed E-state index contributed by atoms with van der Waals surface area (Å²) in [5, 5.41) is 64.1. The van der Waals surface area contributed by atoms with Gasteiger partial charge in [-0.25, -0.2) is 4.79 Å². The molecule has 6 N–H and O–H groups in total. The van der Waals surface area contributed by atoms with Gasteiger partial charge in [0, 0.05) is 0 Å². The Balaban J connectivity index is 1.86. The Labute approximate surface area is 213 Å². The van der Waals surface area contributed by atoms with Crippen LogP contribution in [-0.2, 0) is 38.8 Å². The maximum Gasteiger partial charge on any atom is 0.370 e. The van der Waals surface area contributed by atoms with Crippen molar-refractivity contribution in [3.05, 3.63) is 108 Å². The summed E-state index contributed by atoms with van der Waals surface area (Å²) in [5.74, 6) is -9.16. The Morgan fingerprint density at radius 2 is 1.08 bits per heavy atom. The summed E-state index contributed by atoms with van der Waals surface area (Å²) in [6, 6.07) is 25.0. The number of carboxylic acid groups (broad SMARTS) is 1. The van der Waals surface area contributed by atoms with Gasteiger partial charge in [0.05, 0.1) is 19.8 Å². The predicted molar refractivity (Wildman–Crippen MR) is 129 cm³/mol. The minimum absolute atomic E-state index is 0.178. The van der Waals surface area contributed by atoms with Gasteiger partial charge in [0.2, 0.25) is 0 Å². The zero-order chi connectivity index (χ0) is 26.9. The zero-order valence-electron chi connectivity index (χ0n) is 19.8.